The number of aliphatic carboxylic acids is 1. The first-order valence-electron chi connectivity index (χ1n) is 7.83. The van der Waals surface area contributed by atoms with Gasteiger partial charge in [0.2, 0.25) is 6.29 Å². The average Bonchev–Trinajstić information content (AvgIpc) is 2.52. The van der Waals surface area contributed by atoms with Gasteiger partial charge in [-0.25, -0.2) is 4.79 Å². The van der Waals surface area contributed by atoms with E-state index in [9.17, 15) is 14.4 Å². The lowest BCUT2D eigenvalue weighted by Crippen LogP contribution is -2.35. The normalized spacial score (nSPS) is 22.5. The van der Waals surface area contributed by atoms with E-state index in [1.807, 2.05) is 0 Å². The molecule has 0 aromatic rings. The number of esters is 1. The monoisotopic (exact) mass is 315 g/mol. The zero-order chi connectivity index (χ0) is 16.5. The Hall–Kier alpha value is -1.79. The Labute approximate surface area is 130 Å². The maximum atomic E-state index is 11.7. The first-order valence-corrected chi connectivity index (χ1v) is 7.83. The number of hydrogen-bond donors (Lipinski definition) is 2. The Balaban J connectivity index is 2.25. The third-order valence-electron chi connectivity index (χ3n) is 3.85. The van der Waals surface area contributed by atoms with Crippen LogP contribution < -0.4 is 5.32 Å². The highest BCUT2D eigenvalue weighted by Crippen LogP contribution is 2.28. The van der Waals surface area contributed by atoms with Crippen molar-refractivity contribution in [2.45, 2.75) is 58.7 Å². The van der Waals surface area contributed by atoms with Crippen LogP contribution in [0.3, 0.4) is 0 Å². The van der Waals surface area contributed by atoms with E-state index in [-0.39, 0.29) is 18.3 Å². The number of alkyl carbamates (subject to hydrolysis) is 1. The van der Waals surface area contributed by atoms with Crippen molar-refractivity contribution < 1.29 is 29.0 Å². The summed E-state index contributed by atoms with van der Waals surface area (Å²) in [5, 5.41) is 11.6. The van der Waals surface area contributed by atoms with Crippen molar-refractivity contribution in [2.75, 3.05) is 6.54 Å². The van der Waals surface area contributed by atoms with Crippen LogP contribution in [0.5, 0.6) is 0 Å². The maximum absolute atomic E-state index is 11.7. The number of carboxylic acids is 1. The molecule has 126 valence electrons. The van der Waals surface area contributed by atoms with Crippen molar-refractivity contribution in [1.82, 2.24) is 5.32 Å². The van der Waals surface area contributed by atoms with Gasteiger partial charge in [-0.1, -0.05) is 13.8 Å². The number of carboxylic acid groups (broad SMARTS) is 1. The van der Waals surface area contributed by atoms with Gasteiger partial charge in [0.15, 0.2) is 0 Å². The molecule has 7 heteroatoms. The molecule has 1 fully saturated rings. The topological polar surface area (TPSA) is 102 Å². The highest BCUT2D eigenvalue weighted by atomic mass is 16.7. The van der Waals surface area contributed by atoms with Crippen LogP contribution in [0.1, 0.15) is 52.4 Å². The standard InChI is InChI=1S/C15H25NO6/c1-3-12(17)21-13(4-2)22-15(20)16-9-10-5-7-11(8-6-10)14(18)19/h10-11,13H,3-9H2,1-2H3,(H,16,20)(H,18,19)/t10-,11-,13?. The number of amides is 1. The van der Waals surface area contributed by atoms with Crippen molar-refractivity contribution in [3.05, 3.63) is 0 Å². The lowest BCUT2D eigenvalue weighted by molar-refractivity contribution is -0.167. The van der Waals surface area contributed by atoms with Gasteiger partial charge in [-0.2, -0.15) is 0 Å². The lowest BCUT2D eigenvalue weighted by atomic mass is 9.82. The molecule has 1 atom stereocenters. The fourth-order valence-corrected chi connectivity index (χ4v) is 2.42. The third kappa shape index (κ3) is 6.32. The average molecular weight is 315 g/mol. The Morgan fingerprint density at radius 2 is 1.77 bits per heavy atom. The van der Waals surface area contributed by atoms with Gasteiger partial charge in [-0.15, -0.1) is 0 Å². The van der Waals surface area contributed by atoms with Crippen molar-refractivity contribution in [1.29, 1.82) is 0 Å². The van der Waals surface area contributed by atoms with Crippen molar-refractivity contribution in [2.24, 2.45) is 11.8 Å². The fourth-order valence-electron chi connectivity index (χ4n) is 2.42. The summed E-state index contributed by atoms with van der Waals surface area (Å²) >= 11 is 0. The minimum Gasteiger partial charge on any atom is -0.481 e. The zero-order valence-electron chi connectivity index (χ0n) is 13.2. The number of rotatable bonds is 7. The SMILES string of the molecule is CCC(=O)OC(CC)OC(=O)NC[C@H]1CC[C@H](C(=O)O)CC1. The van der Waals surface area contributed by atoms with Gasteiger partial charge in [-0.05, 0) is 31.6 Å². The summed E-state index contributed by atoms with van der Waals surface area (Å²) in [5.41, 5.74) is 0. The summed E-state index contributed by atoms with van der Waals surface area (Å²) in [6.07, 6.45) is 1.98. The van der Waals surface area contributed by atoms with Gasteiger partial charge in [-0.3, -0.25) is 9.59 Å². The summed E-state index contributed by atoms with van der Waals surface area (Å²) in [6.45, 7) is 3.87. The van der Waals surface area contributed by atoms with E-state index in [0.717, 1.165) is 12.8 Å². The Kier molecular flexibility index (Phi) is 7.70. The molecule has 0 spiro atoms. The van der Waals surface area contributed by atoms with Crippen LogP contribution in [0.15, 0.2) is 0 Å². The molecular weight excluding hydrogens is 290 g/mol. The third-order valence-corrected chi connectivity index (χ3v) is 3.85. The number of hydrogen-bond acceptors (Lipinski definition) is 5. The van der Waals surface area contributed by atoms with Gasteiger partial charge in [0, 0.05) is 19.4 Å². The Bertz CT molecular complexity index is 389. The van der Waals surface area contributed by atoms with Crippen LogP contribution in [0.25, 0.3) is 0 Å². The van der Waals surface area contributed by atoms with Gasteiger partial charge in [0.05, 0.1) is 5.92 Å². The van der Waals surface area contributed by atoms with Gasteiger partial charge in [0.1, 0.15) is 0 Å². The Morgan fingerprint density at radius 3 is 2.27 bits per heavy atom. The van der Waals surface area contributed by atoms with Crippen LogP contribution in [0.2, 0.25) is 0 Å². The number of carbonyl (C=O) groups is 3. The molecule has 2 N–H and O–H groups in total. The van der Waals surface area contributed by atoms with Gasteiger partial charge < -0.3 is 19.9 Å². The second kappa shape index (κ2) is 9.27. The number of carbonyl (C=O) groups excluding carboxylic acids is 2. The summed E-state index contributed by atoms with van der Waals surface area (Å²) in [5.74, 6) is -1.15. The second-order valence-electron chi connectivity index (χ2n) is 5.52. The molecule has 0 aromatic carbocycles. The largest absolute Gasteiger partial charge is 0.481 e. The van der Waals surface area contributed by atoms with E-state index < -0.39 is 24.3 Å². The predicted octanol–water partition coefficient (Wildman–Crippen LogP) is 2.29. The molecule has 0 aliphatic heterocycles. The molecule has 1 aliphatic carbocycles. The molecule has 1 unspecified atom stereocenters. The molecule has 0 radical (unpaired) electrons. The van der Waals surface area contributed by atoms with E-state index in [1.165, 1.54) is 0 Å². The molecule has 7 nitrogen and oxygen atoms in total. The molecule has 1 rings (SSSR count). The van der Waals surface area contributed by atoms with E-state index >= 15 is 0 Å². The van der Waals surface area contributed by atoms with Crippen LogP contribution in [0.4, 0.5) is 4.79 Å². The van der Waals surface area contributed by atoms with Crippen molar-refractivity contribution >= 4 is 18.0 Å². The van der Waals surface area contributed by atoms with Gasteiger partial charge in [0.25, 0.3) is 0 Å². The Morgan fingerprint density at radius 1 is 1.14 bits per heavy atom. The molecule has 0 aromatic heterocycles. The zero-order valence-corrected chi connectivity index (χ0v) is 13.2. The molecule has 1 saturated carbocycles. The van der Waals surface area contributed by atoms with Crippen LogP contribution in [0, 0.1) is 11.8 Å². The van der Waals surface area contributed by atoms with E-state index in [2.05, 4.69) is 5.32 Å². The highest BCUT2D eigenvalue weighted by Gasteiger charge is 2.26. The van der Waals surface area contributed by atoms with E-state index in [1.54, 1.807) is 13.8 Å². The number of ether oxygens (including phenoxy) is 2. The van der Waals surface area contributed by atoms with Crippen LogP contribution >= 0.6 is 0 Å². The van der Waals surface area contributed by atoms with Gasteiger partial charge >= 0.3 is 18.0 Å². The minimum atomic E-state index is -0.866. The van der Waals surface area contributed by atoms with Crippen LogP contribution in [-0.4, -0.2) is 36.0 Å². The van der Waals surface area contributed by atoms with Crippen molar-refractivity contribution in [3.8, 4) is 0 Å². The summed E-state index contributed by atoms with van der Waals surface area (Å²) < 4.78 is 10.00. The quantitative estimate of drug-likeness (QED) is 0.552. The molecular formula is C15H25NO6. The summed E-state index contributed by atoms with van der Waals surface area (Å²) in [6, 6.07) is 0. The number of nitrogens with one attached hydrogen (secondary N) is 1. The summed E-state index contributed by atoms with van der Waals surface area (Å²) in [4.78, 5) is 33.7. The first kappa shape index (κ1) is 18.3. The fraction of sp³-hybridized carbons (Fsp3) is 0.800. The second-order valence-corrected chi connectivity index (χ2v) is 5.52. The predicted molar refractivity (Wildman–Crippen MR) is 78.0 cm³/mol. The molecule has 1 aliphatic rings. The van der Waals surface area contributed by atoms with Crippen molar-refractivity contribution in [3.63, 3.8) is 0 Å². The lowest BCUT2D eigenvalue weighted by Gasteiger charge is -2.26. The maximum Gasteiger partial charge on any atom is 0.410 e. The molecule has 1 amide bonds. The smallest absolute Gasteiger partial charge is 0.410 e. The molecule has 22 heavy (non-hydrogen) atoms. The summed E-state index contributed by atoms with van der Waals surface area (Å²) in [7, 11) is 0. The first-order chi connectivity index (χ1) is 10.5. The van der Waals surface area contributed by atoms with E-state index in [0.29, 0.717) is 25.8 Å². The molecule has 0 heterocycles. The minimum absolute atomic E-state index is 0.230. The molecule has 0 saturated heterocycles. The molecule has 0 bridgehead atoms. The highest BCUT2D eigenvalue weighted by molar-refractivity contribution is 5.70. The van der Waals surface area contributed by atoms with Crippen LogP contribution in [-0.2, 0) is 19.1 Å². The van der Waals surface area contributed by atoms with E-state index in [4.69, 9.17) is 14.6 Å².